The van der Waals surface area contributed by atoms with Crippen molar-refractivity contribution in [3.05, 3.63) is 24.3 Å². The molecule has 0 saturated carbocycles. The molecule has 0 aromatic heterocycles. The Hall–Kier alpha value is -1.07. The number of sulfone groups is 1. The Morgan fingerprint density at radius 3 is 2.38 bits per heavy atom. The highest BCUT2D eigenvalue weighted by molar-refractivity contribution is 7.92. The van der Waals surface area contributed by atoms with E-state index in [1.165, 1.54) is 24.3 Å². The molecule has 1 unspecified atom stereocenters. The van der Waals surface area contributed by atoms with Crippen LogP contribution in [-0.4, -0.2) is 24.3 Å². The van der Waals surface area contributed by atoms with Gasteiger partial charge in [0, 0.05) is 6.04 Å². The molecule has 4 nitrogen and oxygen atoms in total. The minimum Gasteiger partial charge on any atom is -0.508 e. The second kappa shape index (κ2) is 4.07. The fourth-order valence-electron chi connectivity index (χ4n) is 1.20. The molecule has 1 aromatic rings. The Morgan fingerprint density at radius 2 is 1.94 bits per heavy atom. The lowest BCUT2D eigenvalue weighted by molar-refractivity contribution is 0.471. The Kier molecular flexibility index (Phi) is 3.30. The molecule has 0 amide bonds. The van der Waals surface area contributed by atoms with Crippen LogP contribution in [0.4, 0.5) is 0 Å². The van der Waals surface area contributed by atoms with E-state index in [4.69, 9.17) is 5.73 Å². The highest BCUT2D eigenvalue weighted by Crippen LogP contribution is 2.29. The summed E-state index contributed by atoms with van der Waals surface area (Å²) in [6, 6.07) is 5.12. The lowest BCUT2D eigenvalue weighted by Gasteiger charge is -2.28. The summed E-state index contributed by atoms with van der Waals surface area (Å²) in [5.74, 6) is -0.0680. The van der Waals surface area contributed by atoms with Crippen LogP contribution in [0.3, 0.4) is 0 Å². The average Bonchev–Trinajstić information content (AvgIpc) is 2.17. The summed E-state index contributed by atoms with van der Waals surface area (Å²) in [6.07, 6.45) is 0. The van der Waals surface area contributed by atoms with Crippen molar-refractivity contribution in [2.75, 3.05) is 0 Å². The maximum Gasteiger partial charge on any atom is 0.185 e. The standard InChI is InChI=1S/C11H17NO3S/c1-8(12)11(2,3)16(14,15)10-6-4-5-9(13)7-10/h4-8,13H,12H2,1-3H3. The summed E-state index contributed by atoms with van der Waals surface area (Å²) in [6.45, 7) is 4.81. The quantitative estimate of drug-likeness (QED) is 0.838. The Morgan fingerprint density at radius 1 is 1.38 bits per heavy atom. The van der Waals surface area contributed by atoms with Crippen molar-refractivity contribution >= 4 is 9.84 Å². The third-order valence-corrected chi connectivity index (χ3v) is 5.55. The molecule has 0 heterocycles. The van der Waals surface area contributed by atoms with Gasteiger partial charge in [0.1, 0.15) is 5.75 Å². The number of phenols is 1. The third kappa shape index (κ3) is 2.05. The van der Waals surface area contributed by atoms with Crippen LogP contribution in [0.25, 0.3) is 0 Å². The molecule has 3 N–H and O–H groups in total. The molecule has 0 spiro atoms. The number of hydrogen-bond donors (Lipinski definition) is 2. The molecular formula is C11H17NO3S. The molecule has 0 aliphatic carbocycles. The summed E-state index contributed by atoms with van der Waals surface area (Å²) in [7, 11) is -3.55. The van der Waals surface area contributed by atoms with Gasteiger partial charge in [-0.25, -0.2) is 8.42 Å². The van der Waals surface area contributed by atoms with Crippen LogP contribution in [0.2, 0.25) is 0 Å². The van der Waals surface area contributed by atoms with Crippen molar-refractivity contribution in [1.82, 2.24) is 0 Å². The van der Waals surface area contributed by atoms with Crippen LogP contribution in [0.15, 0.2) is 29.2 Å². The van der Waals surface area contributed by atoms with Gasteiger partial charge >= 0.3 is 0 Å². The van der Waals surface area contributed by atoms with Crippen LogP contribution >= 0.6 is 0 Å². The summed E-state index contributed by atoms with van der Waals surface area (Å²) in [5, 5.41) is 9.29. The Labute approximate surface area is 96.0 Å². The normalized spacial score (nSPS) is 14.8. The lowest BCUT2D eigenvalue weighted by atomic mass is 10.1. The van der Waals surface area contributed by atoms with E-state index in [1.807, 2.05) is 0 Å². The molecular weight excluding hydrogens is 226 g/mol. The van der Waals surface area contributed by atoms with E-state index in [1.54, 1.807) is 20.8 Å². The van der Waals surface area contributed by atoms with Gasteiger partial charge in [-0.3, -0.25) is 0 Å². The first-order valence-corrected chi connectivity index (χ1v) is 6.47. The second-order valence-electron chi connectivity index (χ2n) is 4.39. The number of phenolic OH excluding ortho intramolecular Hbond substituents is 1. The largest absolute Gasteiger partial charge is 0.508 e. The van der Waals surface area contributed by atoms with E-state index in [2.05, 4.69) is 0 Å². The van der Waals surface area contributed by atoms with Crippen molar-refractivity contribution in [2.45, 2.75) is 36.5 Å². The minimum absolute atomic E-state index is 0.0680. The summed E-state index contributed by atoms with van der Waals surface area (Å²) >= 11 is 0. The van der Waals surface area contributed by atoms with Gasteiger partial charge < -0.3 is 10.8 Å². The predicted octanol–water partition coefficient (Wildman–Crippen LogP) is 1.29. The zero-order chi connectivity index (χ0) is 12.6. The maximum atomic E-state index is 12.3. The zero-order valence-electron chi connectivity index (χ0n) is 9.64. The molecule has 0 saturated heterocycles. The molecule has 16 heavy (non-hydrogen) atoms. The van der Waals surface area contributed by atoms with Crippen molar-refractivity contribution in [2.24, 2.45) is 5.73 Å². The molecule has 5 heteroatoms. The van der Waals surface area contributed by atoms with E-state index in [9.17, 15) is 13.5 Å². The first kappa shape index (κ1) is 13.0. The smallest absolute Gasteiger partial charge is 0.185 e. The number of aromatic hydroxyl groups is 1. The van der Waals surface area contributed by atoms with Gasteiger partial charge in [0.15, 0.2) is 9.84 Å². The van der Waals surface area contributed by atoms with Crippen molar-refractivity contribution in [1.29, 1.82) is 0 Å². The van der Waals surface area contributed by atoms with Crippen molar-refractivity contribution in [3.8, 4) is 5.75 Å². The second-order valence-corrected chi connectivity index (χ2v) is 6.92. The van der Waals surface area contributed by atoms with Crippen LogP contribution in [0.1, 0.15) is 20.8 Å². The van der Waals surface area contributed by atoms with E-state index in [-0.39, 0.29) is 10.6 Å². The van der Waals surface area contributed by atoms with Crippen LogP contribution < -0.4 is 5.73 Å². The zero-order valence-corrected chi connectivity index (χ0v) is 10.5. The van der Waals surface area contributed by atoms with Gasteiger partial charge in [-0.15, -0.1) is 0 Å². The van der Waals surface area contributed by atoms with E-state index in [0.717, 1.165) is 0 Å². The highest BCUT2D eigenvalue weighted by atomic mass is 32.2. The average molecular weight is 243 g/mol. The van der Waals surface area contributed by atoms with Gasteiger partial charge in [0.25, 0.3) is 0 Å². The molecule has 0 bridgehead atoms. The Balaban J connectivity index is 3.33. The van der Waals surface area contributed by atoms with E-state index < -0.39 is 20.6 Å². The number of benzene rings is 1. The first-order chi connectivity index (χ1) is 7.19. The summed E-state index contributed by atoms with van der Waals surface area (Å²) in [5.41, 5.74) is 5.69. The fraction of sp³-hybridized carbons (Fsp3) is 0.455. The lowest BCUT2D eigenvalue weighted by Crippen LogP contribution is -2.47. The minimum atomic E-state index is -3.55. The number of rotatable bonds is 3. The summed E-state index contributed by atoms with van der Waals surface area (Å²) < 4.78 is 23.4. The SMILES string of the molecule is CC(N)C(C)(C)S(=O)(=O)c1cccc(O)c1. The molecule has 1 rings (SSSR count). The molecule has 0 aliphatic rings. The van der Waals surface area contributed by atoms with Crippen LogP contribution in [0.5, 0.6) is 5.75 Å². The number of nitrogens with two attached hydrogens (primary N) is 1. The molecule has 0 radical (unpaired) electrons. The van der Waals surface area contributed by atoms with Crippen molar-refractivity contribution in [3.63, 3.8) is 0 Å². The molecule has 1 atom stereocenters. The molecule has 0 fully saturated rings. The molecule has 0 aliphatic heterocycles. The predicted molar refractivity (Wildman–Crippen MR) is 63.0 cm³/mol. The van der Waals surface area contributed by atoms with Crippen LogP contribution in [0, 0.1) is 0 Å². The van der Waals surface area contributed by atoms with Gasteiger partial charge in [-0.1, -0.05) is 6.07 Å². The van der Waals surface area contributed by atoms with E-state index >= 15 is 0 Å². The summed E-state index contributed by atoms with van der Waals surface area (Å²) in [4.78, 5) is 0.0924. The fourth-order valence-corrected chi connectivity index (χ4v) is 2.83. The van der Waals surface area contributed by atoms with Gasteiger partial charge in [0.05, 0.1) is 9.64 Å². The van der Waals surface area contributed by atoms with Crippen molar-refractivity contribution < 1.29 is 13.5 Å². The van der Waals surface area contributed by atoms with E-state index in [0.29, 0.717) is 0 Å². The van der Waals surface area contributed by atoms with Crippen LogP contribution in [-0.2, 0) is 9.84 Å². The van der Waals surface area contributed by atoms with Gasteiger partial charge in [0.2, 0.25) is 0 Å². The first-order valence-electron chi connectivity index (χ1n) is 4.99. The monoisotopic (exact) mass is 243 g/mol. The Bertz CT molecular complexity index is 478. The number of hydrogen-bond acceptors (Lipinski definition) is 4. The molecule has 90 valence electrons. The highest BCUT2D eigenvalue weighted by Gasteiger charge is 2.39. The van der Waals surface area contributed by atoms with Gasteiger partial charge in [-0.2, -0.15) is 0 Å². The topological polar surface area (TPSA) is 80.4 Å². The molecule has 1 aromatic carbocycles. The third-order valence-electron chi connectivity index (χ3n) is 2.92. The maximum absolute atomic E-state index is 12.3. The van der Waals surface area contributed by atoms with Gasteiger partial charge in [-0.05, 0) is 39.0 Å².